The van der Waals surface area contributed by atoms with E-state index in [1.807, 2.05) is 0 Å². The summed E-state index contributed by atoms with van der Waals surface area (Å²) in [6.45, 7) is 3.69. The number of nitro groups is 1. The van der Waals surface area contributed by atoms with E-state index in [0.29, 0.717) is 12.1 Å². The van der Waals surface area contributed by atoms with Gasteiger partial charge in [-0.25, -0.2) is 4.79 Å². The Balaban J connectivity index is 3.02. The van der Waals surface area contributed by atoms with Crippen LogP contribution >= 0.6 is 0 Å². The van der Waals surface area contributed by atoms with Gasteiger partial charge in [-0.3, -0.25) is 10.1 Å². The van der Waals surface area contributed by atoms with Crippen molar-refractivity contribution in [3.8, 4) is 0 Å². The average molecular weight is 212 g/mol. The van der Waals surface area contributed by atoms with Gasteiger partial charge in [-0.05, 0) is 13.3 Å². The van der Waals surface area contributed by atoms with Crippen molar-refractivity contribution in [2.45, 2.75) is 20.3 Å². The van der Waals surface area contributed by atoms with E-state index < -0.39 is 10.9 Å². The van der Waals surface area contributed by atoms with Crippen molar-refractivity contribution in [3.05, 3.63) is 27.6 Å². The van der Waals surface area contributed by atoms with Crippen LogP contribution in [0.25, 0.3) is 0 Å². The number of ether oxygens (including phenoxy) is 1. The molecule has 0 atom stereocenters. The van der Waals surface area contributed by atoms with Crippen molar-refractivity contribution < 1.29 is 14.5 Å². The zero-order chi connectivity index (χ0) is 11.4. The molecule has 0 fully saturated rings. The zero-order valence-corrected chi connectivity index (χ0v) is 8.57. The van der Waals surface area contributed by atoms with E-state index in [0.717, 1.165) is 0 Å². The summed E-state index contributed by atoms with van der Waals surface area (Å²) < 4.78 is 4.73. The van der Waals surface area contributed by atoms with Crippen molar-refractivity contribution in [2.75, 3.05) is 6.61 Å². The summed E-state index contributed by atoms with van der Waals surface area (Å²) >= 11 is 0. The van der Waals surface area contributed by atoms with Crippen molar-refractivity contribution in [3.63, 3.8) is 0 Å². The predicted molar refractivity (Wildman–Crippen MR) is 52.8 cm³/mol. The van der Waals surface area contributed by atoms with Crippen LogP contribution in [0.4, 0.5) is 5.69 Å². The van der Waals surface area contributed by atoms with Crippen LogP contribution < -0.4 is 0 Å². The second kappa shape index (κ2) is 4.59. The van der Waals surface area contributed by atoms with Gasteiger partial charge in [0.25, 0.3) is 5.69 Å². The number of aryl methyl sites for hydroxylation is 1. The Kier molecular flexibility index (Phi) is 3.43. The number of carbonyl (C=O) groups is 1. The second-order valence-electron chi connectivity index (χ2n) is 2.88. The topological polar surface area (TPSA) is 85.2 Å². The molecule has 0 radical (unpaired) electrons. The molecule has 0 aliphatic carbocycles. The number of hydrogen-bond acceptors (Lipinski definition) is 4. The maximum absolute atomic E-state index is 11.3. The Bertz CT molecular complexity index is 383. The summed E-state index contributed by atoms with van der Waals surface area (Å²) in [5, 5.41) is 10.6. The van der Waals surface area contributed by atoms with E-state index >= 15 is 0 Å². The molecule has 6 heteroatoms. The van der Waals surface area contributed by atoms with Crippen LogP contribution in [0.2, 0.25) is 0 Å². The number of aromatic amines is 1. The molecule has 6 nitrogen and oxygen atoms in total. The molecule has 1 aromatic heterocycles. The number of carbonyl (C=O) groups excluding carboxylic acids is 1. The molecule has 15 heavy (non-hydrogen) atoms. The number of H-pyrrole nitrogens is 1. The first-order valence-corrected chi connectivity index (χ1v) is 4.63. The third kappa shape index (κ3) is 2.34. The number of nitrogens with one attached hydrogen (secondary N) is 1. The molecule has 0 aliphatic rings. The maximum atomic E-state index is 11.3. The van der Waals surface area contributed by atoms with Crippen molar-refractivity contribution in [2.24, 2.45) is 0 Å². The van der Waals surface area contributed by atoms with Gasteiger partial charge >= 0.3 is 5.97 Å². The Morgan fingerprint density at radius 1 is 1.60 bits per heavy atom. The van der Waals surface area contributed by atoms with Crippen LogP contribution in [0.15, 0.2) is 6.07 Å². The van der Waals surface area contributed by atoms with Crippen LogP contribution in [-0.2, 0) is 11.2 Å². The van der Waals surface area contributed by atoms with Crippen LogP contribution in [0.3, 0.4) is 0 Å². The first-order valence-electron chi connectivity index (χ1n) is 4.63. The molecule has 1 N–H and O–H groups in total. The lowest BCUT2D eigenvalue weighted by Crippen LogP contribution is -2.04. The summed E-state index contributed by atoms with van der Waals surface area (Å²) in [4.78, 5) is 24.0. The van der Waals surface area contributed by atoms with E-state index in [1.165, 1.54) is 6.07 Å². The van der Waals surface area contributed by atoms with Crippen LogP contribution in [0.1, 0.15) is 30.0 Å². The lowest BCUT2D eigenvalue weighted by molar-refractivity contribution is -0.385. The molecule has 0 amide bonds. The monoisotopic (exact) mass is 212 g/mol. The smallest absolute Gasteiger partial charge is 0.354 e. The molecule has 1 heterocycles. The minimum absolute atomic E-state index is 0.0689. The van der Waals surface area contributed by atoms with Gasteiger partial charge in [-0.1, -0.05) is 6.92 Å². The fourth-order valence-corrected chi connectivity index (χ4v) is 1.24. The summed E-state index contributed by atoms with van der Waals surface area (Å²) in [6, 6.07) is 1.21. The molecular weight excluding hydrogens is 200 g/mol. The van der Waals surface area contributed by atoms with E-state index in [-0.39, 0.29) is 18.0 Å². The molecular formula is C9H12N2O4. The molecule has 82 valence electrons. The van der Waals surface area contributed by atoms with Crippen molar-refractivity contribution >= 4 is 11.7 Å². The lowest BCUT2D eigenvalue weighted by atomic mass is 10.3. The predicted octanol–water partition coefficient (Wildman–Crippen LogP) is 1.66. The highest BCUT2D eigenvalue weighted by molar-refractivity contribution is 5.88. The summed E-state index contributed by atoms with van der Waals surface area (Å²) in [6.07, 6.45) is 0.468. The van der Waals surface area contributed by atoms with Gasteiger partial charge in [0.2, 0.25) is 0 Å². The summed E-state index contributed by atoms with van der Waals surface area (Å²) in [5.41, 5.74) is 0.490. The fourth-order valence-electron chi connectivity index (χ4n) is 1.24. The largest absolute Gasteiger partial charge is 0.461 e. The van der Waals surface area contributed by atoms with E-state index in [4.69, 9.17) is 4.74 Å². The van der Waals surface area contributed by atoms with Gasteiger partial charge in [-0.15, -0.1) is 0 Å². The van der Waals surface area contributed by atoms with Crippen LogP contribution in [0, 0.1) is 10.1 Å². The highest BCUT2D eigenvalue weighted by Crippen LogP contribution is 2.20. The first kappa shape index (κ1) is 11.2. The number of aromatic nitrogens is 1. The minimum atomic E-state index is -0.569. The first-order chi connectivity index (χ1) is 7.10. The molecule has 0 saturated heterocycles. The number of hydrogen-bond donors (Lipinski definition) is 1. The molecule has 0 spiro atoms. The second-order valence-corrected chi connectivity index (χ2v) is 2.88. The highest BCUT2D eigenvalue weighted by Gasteiger charge is 2.20. The van der Waals surface area contributed by atoms with E-state index in [1.54, 1.807) is 13.8 Å². The van der Waals surface area contributed by atoms with E-state index in [2.05, 4.69) is 4.98 Å². The van der Waals surface area contributed by atoms with Crippen molar-refractivity contribution in [1.82, 2.24) is 4.98 Å². The van der Waals surface area contributed by atoms with E-state index in [9.17, 15) is 14.9 Å². The van der Waals surface area contributed by atoms with Gasteiger partial charge in [-0.2, -0.15) is 0 Å². The Morgan fingerprint density at radius 2 is 2.27 bits per heavy atom. The standard InChI is InChI=1S/C9H12N2O4/c1-3-6-8(11(13)14)5-7(10-6)9(12)15-4-2/h5,10H,3-4H2,1-2H3. The SMILES string of the molecule is CCOC(=O)c1cc([N+](=O)[O-])c(CC)[nH]1. The molecule has 0 unspecified atom stereocenters. The van der Waals surface area contributed by atoms with Crippen molar-refractivity contribution in [1.29, 1.82) is 0 Å². The number of esters is 1. The molecule has 1 aromatic rings. The van der Waals surface area contributed by atoms with Gasteiger partial charge in [0.1, 0.15) is 5.69 Å². The number of rotatable bonds is 4. The highest BCUT2D eigenvalue weighted by atomic mass is 16.6. The summed E-state index contributed by atoms with van der Waals surface area (Å²) in [7, 11) is 0. The third-order valence-electron chi connectivity index (χ3n) is 1.92. The number of nitrogens with zero attached hydrogens (tertiary/aromatic N) is 1. The van der Waals surface area contributed by atoms with Gasteiger partial charge in [0.15, 0.2) is 0 Å². The fraction of sp³-hybridized carbons (Fsp3) is 0.444. The molecule has 1 rings (SSSR count). The van der Waals surface area contributed by atoms with Crippen LogP contribution in [0.5, 0.6) is 0 Å². The molecule has 0 aromatic carbocycles. The Morgan fingerprint density at radius 3 is 2.67 bits per heavy atom. The maximum Gasteiger partial charge on any atom is 0.354 e. The minimum Gasteiger partial charge on any atom is -0.461 e. The quantitative estimate of drug-likeness (QED) is 0.467. The van der Waals surface area contributed by atoms with Crippen LogP contribution in [-0.4, -0.2) is 22.5 Å². The average Bonchev–Trinajstić information content (AvgIpc) is 2.61. The lowest BCUT2D eigenvalue weighted by Gasteiger charge is -1.96. The van der Waals surface area contributed by atoms with Gasteiger partial charge in [0.05, 0.1) is 17.2 Å². The van der Waals surface area contributed by atoms with Gasteiger partial charge < -0.3 is 9.72 Å². The molecule has 0 bridgehead atoms. The molecule has 0 saturated carbocycles. The summed E-state index contributed by atoms with van der Waals surface area (Å²) in [5.74, 6) is -0.569. The zero-order valence-electron chi connectivity index (χ0n) is 8.57. The Hall–Kier alpha value is -1.85. The molecule has 0 aliphatic heterocycles. The van der Waals surface area contributed by atoms with Gasteiger partial charge in [0, 0.05) is 6.07 Å². The Labute approximate surface area is 86.4 Å². The third-order valence-corrected chi connectivity index (χ3v) is 1.92. The normalized spacial score (nSPS) is 10.0.